The van der Waals surface area contributed by atoms with Crippen LogP contribution in [-0.2, 0) is 14.6 Å². The molecule has 1 aliphatic carbocycles. The molecule has 3 N–H and O–H groups in total. The lowest BCUT2D eigenvalue weighted by molar-refractivity contribution is -0.274. The van der Waals surface area contributed by atoms with E-state index in [1.165, 1.54) is 36.4 Å². The van der Waals surface area contributed by atoms with E-state index in [0.29, 0.717) is 13.0 Å². The van der Waals surface area contributed by atoms with Gasteiger partial charge in [-0.2, -0.15) is 0 Å². The molecule has 12 heteroatoms. The number of nitrogens with one attached hydrogen (secondary N) is 2. The number of alkyl halides is 3. The zero-order valence-electron chi connectivity index (χ0n) is 18.5. The highest BCUT2D eigenvalue weighted by Gasteiger charge is 2.60. The number of amides is 1. The van der Waals surface area contributed by atoms with Gasteiger partial charge in [-0.05, 0) is 73.8 Å². The molecular weight excluding hydrogens is 489 g/mol. The van der Waals surface area contributed by atoms with Crippen molar-refractivity contribution in [2.24, 2.45) is 11.8 Å². The minimum Gasteiger partial charge on any atom is -0.457 e. The van der Waals surface area contributed by atoms with E-state index in [0.717, 1.165) is 37.8 Å². The maximum atomic E-state index is 13.8. The second-order valence-corrected chi connectivity index (χ2v) is 10.8. The van der Waals surface area contributed by atoms with Gasteiger partial charge in [0.25, 0.3) is 5.91 Å². The smallest absolute Gasteiger partial charge is 0.457 e. The summed E-state index contributed by atoms with van der Waals surface area (Å²) in [6.45, 7) is 0.322. The molecule has 1 saturated carbocycles. The average Bonchev–Trinajstić information content (AvgIpc) is 2.83. The Bertz CT molecular complexity index is 1150. The number of sulfone groups is 1. The van der Waals surface area contributed by atoms with Gasteiger partial charge in [0.1, 0.15) is 17.2 Å². The molecule has 2 fully saturated rings. The molecule has 1 amide bonds. The normalized spacial score (nSPS) is 24.8. The van der Waals surface area contributed by atoms with Crippen LogP contribution in [-0.4, -0.2) is 37.3 Å². The van der Waals surface area contributed by atoms with E-state index >= 15 is 0 Å². The Kier molecular flexibility index (Phi) is 6.98. The number of carbonyl (C=O) groups excluding carboxylic acids is 1. The quantitative estimate of drug-likeness (QED) is 0.392. The van der Waals surface area contributed by atoms with Crippen LogP contribution >= 0.6 is 0 Å². The van der Waals surface area contributed by atoms with Crippen molar-refractivity contribution in [3.8, 4) is 17.2 Å². The molecule has 1 saturated heterocycles. The van der Waals surface area contributed by atoms with Crippen LogP contribution in [0.1, 0.15) is 32.1 Å². The predicted molar refractivity (Wildman–Crippen MR) is 118 cm³/mol. The summed E-state index contributed by atoms with van der Waals surface area (Å²) in [4.78, 5) is 10.8. The van der Waals surface area contributed by atoms with Crippen molar-refractivity contribution in [3.05, 3.63) is 48.5 Å². The number of hydrogen-bond acceptors (Lipinski definition) is 7. The molecule has 190 valence electrons. The van der Waals surface area contributed by atoms with Crippen LogP contribution in [0.25, 0.3) is 0 Å². The molecule has 0 spiro atoms. The molecule has 2 aliphatic rings. The summed E-state index contributed by atoms with van der Waals surface area (Å²) in [5, 5.41) is 12.4. The lowest BCUT2D eigenvalue weighted by Crippen LogP contribution is -2.69. The Hall–Kier alpha value is -2.83. The van der Waals surface area contributed by atoms with Crippen molar-refractivity contribution < 1.29 is 41.1 Å². The SMILES string of the molecule is O=C(NO)C1(S(=O)(=O)c2ccc(Oc3ccc(OC(F)(F)F)cc3)cc2)NCCC2CCCCC21. The van der Waals surface area contributed by atoms with Gasteiger partial charge in [0.05, 0.1) is 4.90 Å². The number of fused-ring (bicyclic) bond motifs is 1. The van der Waals surface area contributed by atoms with Crippen molar-refractivity contribution in [1.29, 1.82) is 0 Å². The van der Waals surface area contributed by atoms with E-state index in [1.54, 1.807) is 5.48 Å². The van der Waals surface area contributed by atoms with E-state index in [1.807, 2.05) is 0 Å². The Labute approximate surface area is 200 Å². The largest absolute Gasteiger partial charge is 0.573 e. The van der Waals surface area contributed by atoms with Gasteiger partial charge in [-0.25, -0.2) is 13.9 Å². The standard InChI is InChI=1S/C23H25F3N2O6S/c24-23(25,26)34-18-7-5-16(6-8-18)33-17-9-11-19(12-10-17)35(31,32)22(21(29)28-30)20-4-2-1-3-15(20)13-14-27-22/h5-12,15,20,27,30H,1-4,13-14H2,(H,28,29). The van der Waals surface area contributed by atoms with Crippen LogP contribution in [0.15, 0.2) is 53.4 Å². The number of halogens is 3. The first-order valence-electron chi connectivity index (χ1n) is 11.1. The molecular formula is C23H25F3N2O6S. The fourth-order valence-corrected chi connectivity index (χ4v) is 7.29. The zero-order chi connectivity index (χ0) is 25.3. The van der Waals surface area contributed by atoms with Crippen molar-refractivity contribution in [2.75, 3.05) is 6.54 Å². The molecule has 2 aromatic rings. The molecule has 1 aliphatic heterocycles. The maximum absolute atomic E-state index is 13.8. The molecule has 0 bridgehead atoms. The molecule has 35 heavy (non-hydrogen) atoms. The number of carbonyl (C=O) groups is 1. The molecule has 8 nitrogen and oxygen atoms in total. The predicted octanol–water partition coefficient (Wildman–Crippen LogP) is 4.15. The zero-order valence-corrected chi connectivity index (χ0v) is 19.4. The Morgan fingerprint density at radius 2 is 1.54 bits per heavy atom. The third-order valence-electron chi connectivity index (χ3n) is 6.62. The topological polar surface area (TPSA) is 114 Å². The minimum atomic E-state index is -4.81. The summed E-state index contributed by atoms with van der Waals surface area (Å²) in [5.41, 5.74) is 1.56. The Morgan fingerprint density at radius 3 is 2.14 bits per heavy atom. The monoisotopic (exact) mass is 514 g/mol. The Morgan fingerprint density at radius 1 is 0.971 bits per heavy atom. The third kappa shape index (κ3) is 4.95. The second-order valence-electron chi connectivity index (χ2n) is 8.64. The first-order chi connectivity index (χ1) is 16.6. The van der Waals surface area contributed by atoms with Crippen LogP contribution in [0.5, 0.6) is 17.2 Å². The highest BCUT2D eigenvalue weighted by Crippen LogP contribution is 2.46. The van der Waals surface area contributed by atoms with Gasteiger partial charge < -0.3 is 9.47 Å². The van der Waals surface area contributed by atoms with E-state index in [2.05, 4.69) is 10.1 Å². The highest BCUT2D eigenvalue weighted by atomic mass is 32.2. The first kappa shape index (κ1) is 25.3. The van der Waals surface area contributed by atoms with E-state index < -0.39 is 38.6 Å². The summed E-state index contributed by atoms with van der Waals surface area (Å²) in [5.74, 6) is -1.40. The van der Waals surface area contributed by atoms with Crippen LogP contribution in [0.2, 0.25) is 0 Å². The fourth-order valence-electron chi connectivity index (χ4n) is 5.13. The van der Waals surface area contributed by atoms with Crippen LogP contribution in [0.4, 0.5) is 13.2 Å². The summed E-state index contributed by atoms with van der Waals surface area (Å²) < 4.78 is 73.9. The fraction of sp³-hybridized carbons (Fsp3) is 0.435. The number of benzene rings is 2. The van der Waals surface area contributed by atoms with Gasteiger partial charge in [-0.1, -0.05) is 19.3 Å². The molecule has 4 rings (SSSR count). The van der Waals surface area contributed by atoms with Crippen molar-refractivity contribution in [3.63, 3.8) is 0 Å². The number of hydrogen-bond donors (Lipinski definition) is 3. The number of rotatable bonds is 6. The van der Waals surface area contributed by atoms with Crippen molar-refractivity contribution >= 4 is 15.7 Å². The summed E-state index contributed by atoms with van der Waals surface area (Å²) >= 11 is 0. The first-order valence-corrected chi connectivity index (χ1v) is 12.6. The molecule has 3 atom stereocenters. The van der Waals surface area contributed by atoms with Gasteiger partial charge in [-0.15, -0.1) is 13.2 Å². The van der Waals surface area contributed by atoms with Crippen molar-refractivity contribution in [2.45, 2.75) is 48.2 Å². The highest BCUT2D eigenvalue weighted by molar-refractivity contribution is 7.93. The Balaban J connectivity index is 1.58. The lowest BCUT2D eigenvalue weighted by Gasteiger charge is -2.48. The van der Waals surface area contributed by atoms with E-state index in [4.69, 9.17) is 4.74 Å². The van der Waals surface area contributed by atoms with E-state index in [9.17, 15) is 31.6 Å². The summed E-state index contributed by atoms with van der Waals surface area (Å²) in [7, 11) is -4.28. The third-order valence-corrected chi connectivity index (χ3v) is 9.00. The summed E-state index contributed by atoms with van der Waals surface area (Å²) in [6.07, 6.45) is -0.938. The van der Waals surface area contributed by atoms with E-state index in [-0.39, 0.29) is 22.3 Å². The maximum Gasteiger partial charge on any atom is 0.573 e. The van der Waals surface area contributed by atoms with Gasteiger partial charge >= 0.3 is 6.36 Å². The summed E-state index contributed by atoms with van der Waals surface area (Å²) in [6, 6.07) is 10.1. The second kappa shape index (κ2) is 9.67. The molecule has 3 unspecified atom stereocenters. The molecule has 0 aromatic heterocycles. The molecule has 2 aromatic carbocycles. The number of ether oxygens (including phenoxy) is 2. The lowest BCUT2D eigenvalue weighted by atomic mass is 9.71. The van der Waals surface area contributed by atoms with Crippen LogP contribution < -0.4 is 20.3 Å². The van der Waals surface area contributed by atoms with Crippen LogP contribution in [0, 0.1) is 11.8 Å². The van der Waals surface area contributed by atoms with Crippen LogP contribution in [0.3, 0.4) is 0 Å². The number of hydroxylamine groups is 1. The average molecular weight is 515 g/mol. The van der Waals surface area contributed by atoms with Gasteiger partial charge in [0, 0.05) is 5.92 Å². The minimum absolute atomic E-state index is 0.0454. The van der Waals surface area contributed by atoms with Gasteiger partial charge in [0.2, 0.25) is 14.7 Å². The van der Waals surface area contributed by atoms with Gasteiger partial charge in [0.15, 0.2) is 0 Å². The molecule has 0 radical (unpaired) electrons. The number of piperidine rings is 1. The van der Waals surface area contributed by atoms with Gasteiger partial charge in [-0.3, -0.25) is 15.3 Å². The molecule has 1 heterocycles. The van der Waals surface area contributed by atoms with Crippen molar-refractivity contribution in [1.82, 2.24) is 10.8 Å².